The summed E-state index contributed by atoms with van der Waals surface area (Å²) < 4.78 is 62.7. The van der Waals surface area contributed by atoms with Crippen LogP contribution in [0.1, 0.15) is 106 Å². The summed E-state index contributed by atoms with van der Waals surface area (Å²) in [5.41, 5.74) is 1.44. The minimum Gasteiger partial charge on any atom is -0.394 e. The average molecular weight is 1020 g/mol. The van der Waals surface area contributed by atoms with E-state index in [0.29, 0.717) is 48.3 Å². The molecule has 31 atom stereocenters. The highest BCUT2D eigenvalue weighted by molar-refractivity contribution is 5.26. The van der Waals surface area contributed by atoms with Crippen LogP contribution in [-0.4, -0.2) is 205 Å². The first-order chi connectivity index (χ1) is 33.6. The molecule has 0 aromatic heterocycles. The molecule has 6 aliphatic heterocycles. The topological polar surface area (TPSA) is 295 Å². The molecule has 0 aromatic rings. The summed E-state index contributed by atoms with van der Waals surface area (Å²) in [7, 11) is 0. The third kappa shape index (κ3) is 9.03. The highest BCUT2D eigenvalue weighted by Gasteiger charge is 2.69. The molecule has 10 rings (SSSR count). The number of aliphatic hydroxyl groups excluding tert-OH is 10. The zero-order chi connectivity index (χ0) is 50.8. The quantitative estimate of drug-likeness (QED) is 0.137. The lowest BCUT2D eigenvalue weighted by Gasteiger charge is -2.58. The molecule has 3 saturated carbocycles. The van der Waals surface area contributed by atoms with Gasteiger partial charge in [-0.15, -0.1) is 0 Å². The summed E-state index contributed by atoms with van der Waals surface area (Å²) in [4.78, 5) is 0. The van der Waals surface area contributed by atoms with Crippen LogP contribution in [0.4, 0.5) is 0 Å². The SMILES string of the molecule is C[C@H]1CC[C@]2(OC1)O[C@@H]1C[C@@H]3[C@H]4CC=C5C[C@H](O[C@H]6O[C@@H](CO)[C@H](O[C@H]7O[C@H](C)[C@@H](O)[C@H](O)[C@@H]7O[C@H]7O[C@H](C)[C@@H](O)[C@H](O)[C@@H]7O)[C@@H](OC7O[C@H](C)[C@@H](O)[C@H](O)[C@@H]7O)C6O)CC[C@@]5(C)[C@@H]4CC[C@@]3(C)[C@@H]1[C@H]2C. The first kappa shape index (κ1) is 53.3. The van der Waals surface area contributed by atoms with Crippen LogP contribution in [0.25, 0.3) is 0 Å². The van der Waals surface area contributed by atoms with E-state index in [1.54, 1.807) is 0 Å². The largest absolute Gasteiger partial charge is 0.394 e. The van der Waals surface area contributed by atoms with Gasteiger partial charge in [0.15, 0.2) is 30.9 Å². The molecule has 71 heavy (non-hydrogen) atoms. The Kier molecular flexibility index (Phi) is 15.1. The van der Waals surface area contributed by atoms with Crippen LogP contribution in [0.3, 0.4) is 0 Å². The number of fused-ring (bicyclic) bond motifs is 7. The van der Waals surface area contributed by atoms with Gasteiger partial charge in [-0.05, 0) is 113 Å². The summed E-state index contributed by atoms with van der Waals surface area (Å²) in [6.07, 6.45) is -19.9. The highest BCUT2D eigenvalue weighted by Crippen LogP contribution is 2.71. The van der Waals surface area contributed by atoms with Gasteiger partial charge in [-0.2, -0.15) is 0 Å². The van der Waals surface area contributed by atoms with Gasteiger partial charge >= 0.3 is 0 Å². The molecule has 4 aliphatic carbocycles. The number of hydrogen-bond donors (Lipinski definition) is 10. The summed E-state index contributed by atoms with van der Waals surface area (Å²) >= 11 is 0. The van der Waals surface area contributed by atoms with E-state index in [-0.39, 0.29) is 16.9 Å². The monoisotopic (exact) mass is 1010 g/mol. The molecule has 0 radical (unpaired) electrons. The number of aliphatic hydroxyl groups is 10. The first-order valence-corrected chi connectivity index (χ1v) is 26.6. The van der Waals surface area contributed by atoms with Gasteiger partial charge in [-0.3, -0.25) is 0 Å². The summed E-state index contributed by atoms with van der Waals surface area (Å²) in [6, 6.07) is 0. The van der Waals surface area contributed by atoms with Crippen molar-refractivity contribution in [2.45, 2.75) is 247 Å². The summed E-state index contributed by atoms with van der Waals surface area (Å²) in [5, 5.41) is 110. The van der Waals surface area contributed by atoms with Crippen molar-refractivity contribution < 1.29 is 98.4 Å². The van der Waals surface area contributed by atoms with Gasteiger partial charge in [-0.1, -0.05) is 39.3 Å². The third-order valence-corrected chi connectivity index (χ3v) is 19.7. The Balaban J connectivity index is 0.864. The van der Waals surface area contributed by atoms with Crippen LogP contribution < -0.4 is 0 Å². The van der Waals surface area contributed by atoms with Crippen molar-refractivity contribution in [3.05, 3.63) is 11.6 Å². The van der Waals surface area contributed by atoms with E-state index in [0.717, 1.165) is 51.6 Å². The minimum atomic E-state index is -1.81. The lowest BCUT2D eigenvalue weighted by Crippen LogP contribution is -2.67. The Hall–Kier alpha value is -1.06. The van der Waals surface area contributed by atoms with E-state index in [1.165, 1.54) is 26.3 Å². The zero-order valence-corrected chi connectivity index (χ0v) is 42.1. The van der Waals surface area contributed by atoms with E-state index in [1.807, 2.05) is 0 Å². The molecule has 10 N–H and O–H groups in total. The minimum absolute atomic E-state index is 0.0541. The van der Waals surface area contributed by atoms with Crippen molar-refractivity contribution in [3.8, 4) is 0 Å². The molecule has 10 aliphatic rings. The Labute approximate surface area is 415 Å². The zero-order valence-electron chi connectivity index (χ0n) is 42.1. The van der Waals surface area contributed by atoms with Crippen molar-refractivity contribution in [1.29, 1.82) is 0 Å². The standard InChI is InChI=1S/C51H82O20/c1-20-10-15-51(62-19-20)21(2)32-30(71-51)17-29-27-9-8-25-16-26(11-13-49(25,6)28(27)12-14-50(29,32)7)66-47-41(61)43(69-45-39(59)36(56)33(53)22(3)63-45)42(31(18-52)67-47)68-48-44(38(58)35(55)24(5)65-48)70-46-40(60)37(57)34(54)23(4)64-46/h8,20-24,26-48,52-61H,9-19H2,1-7H3/t20-,21+,22+,23+,24+,26+,27-,28+,29+,30+,31-,32+,33+,34+,35+,36-,37-,38-,39-,40-,41?,42-,43-,44-,45?,46+,47-,48+,49+,50+,51-/m0/s1. The normalized spacial score (nSPS) is 58.4. The second kappa shape index (κ2) is 20.1. The van der Waals surface area contributed by atoms with Crippen LogP contribution in [0.15, 0.2) is 11.6 Å². The second-order valence-electron chi connectivity index (χ2n) is 23.8. The van der Waals surface area contributed by atoms with E-state index >= 15 is 0 Å². The van der Waals surface area contributed by atoms with Crippen LogP contribution in [-0.2, 0) is 47.4 Å². The molecule has 9 fully saturated rings. The molecule has 20 heteroatoms. The number of hydrogen-bond acceptors (Lipinski definition) is 20. The lowest BCUT2D eigenvalue weighted by molar-refractivity contribution is -0.400. The number of ether oxygens (including phenoxy) is 10. The van der Waals surface area contributed by atoms with Gasteiger partial charge in [0.05, 0.1) is 43.7 Å². The number of allylic oxidation sites excluding steroid dienone is 1. The molecule has 6 heterocycles. The van der Waals surface area contributed by atoms with Crippen LogP contribution in [0.2, 0.25) is 0 Å². The molecule has 0 amide bonds. The van der Waals surface area contributed by atoms with Gasteiger partial charge in [0.1, 0.15) is 79.4 Å². The molecule has 406 valence electrons. The second-order valence-corrected chi connectivity index (χ2v) is 23.8. The Bertz CT molecular complexity index is 1890. The molecule has 1 spiro atoms. The summed E-state index contributed by atoms with van der Waals surface area (Å²) in [5.74, 6) is 2.47. The van der Waals surface area contributed by atoms with E-state index in [9.17, 15) is 51.1 Å². The van der Waals surface area contributed by atoms with Crippen LogP contribution in [0.5, 0.6) is 0 Å². The van der Waals surface area contributed by atoms with E-state index in [4.69, 9.17) is 47.4 Å². The van der Waals surface area contributed by atoms with Crippen LogP contribution in [0, 0.1) is 46.3 Å². The number of rotatable bonds is 9. The lowest BCUT2D eigenvalue weighted by atomic mass is 9.47. The summed E-state index contributed by atoms with van der Waals surface area (Å²) in [6.45, 7) is 14.0. The van der Waals surface area contributed by atoms with E-state index in [2.05, 4.69) is 33.8 Å². The Morgan fingerprint density at radius 1 is 0.592 bits per heavy atom. The third-order valence-electron chi connectivity index (χ3n) is 19.7. The van der Waals surface area contributed by atoms with Gasteiger partial charge in [0.2, 0.25) is 0 Å². The van der Waals surface area contributed by atoms with Crippen molar-refractivity contribution in [2.75, 3.05) is 13.2 Å². The van der Waals surface area contributed by atoms with Gasteiger partial charge in [0, 0.05) is 12.3 Å². The van der Waals surface area contributed by atoms with Gasteiger partial charge < -0.3 is 98.4 Å². The van der Waals surface area contributed by atoms with Crippen LogP contribution >= 0.6 is 0 Å². The molecular formula is C51H82O20. The van der Waals surface area contributed by atoms with Gasteiger partial charge in [0.25, 0.3) is 0 Å². The predicted molar refractivity (Wildman–Crippen MR) is 244 cm³/mol. The maximum atomic E-state index is 12.3. The fourth-order valence-electron chi connectivity index (χ4n) is 15.4. The van der Waals surface area contributed by atoms with Crippen molar-refractivity contribution in [2.24, 2.45) is 46.3 Å². The molecule has 2 unspecified atom stereocenters. The average Bonchev–Trinajstić information content (AvgIpc) is 3.79. The Morgan fingerprint density at radius 2 is 1.18 bits per heavy atom. The van der Waals surface area contributed by atoms with Crippen molar-refractivity contribution in [3.63, 3.8) is 0 Å². The highest BCUT2D eigenvalue weighted by atomic mass is 16.8. The predicted octanol–water partition coefficient (Wildman–Crippen LogP) is 0.0935. The molecule has 0 aromatic carbocycles. The first-order valence-electron chi connectivity index (χ1n) is 26.6. The smallest absolute Gasteiger partial charge is 0.187 e. The maximum Gasteiger partial charge on any atom is 0.187 e. The molecule has 0 bridgehead atoms. The van der Waals surface area contributed by atoms with Crippen molar-refractivity contribution in [1.82, 2.24) is 0 Å². The van der Waals surface area contributed by atoms with Crippen molar-refractivity contribution >= 4 is 0 Å². The fourth-order valence-corrected chi connectivity index (χ4v) is 15.4. The molecule has 6 saturated heterocycles. The van der Waals surface area contributed by atoms with E-state index < -0.39 is 141 Å². The molecular weight excluding hydrogens is 933 g/mol. The maximum absolute atomic E-state index is 12.3. The fraction of sp³-hybridized carbons (Fsp3) is 0.961. The van der Waals surface area contributed by atoms with Gasteiger partial charge in [-0.25, -0.2) is 0 Å². The Morgan fingerprint density at radius 3 is 1.80 bits per heavy atom. The molecule has 20 nitrogen and oxygen atoms in total.